The molecule has 110 valence electrons. The van der Waals surface area contributed by atoms with Crippen LogP contribution in [-0.2, 0) is 4.79 Å². The van der Waals surface area contributed by atoms with Crippen LogP contribution in [-0.4, -0.2) is 46.7 Å². The van der Waals surface area contributed by atoms with Gasteiger partial charge in [-0.15, -0.1) is 0 Å². The molecule has 6 nitrogen and oxygen atoms in total. The Labute approximate surface area is 114 Å². The Morgan fingerprint density at radius 1 is 1.47 bits per heavy atom. The van der Waals surface area contributed by atoms with Gasteiger partial charge >= 0.3 is 6.03 Å². The second-order valence-corrected chi connectivity index (χ2v) is 6.05. The van der Waals surface area contributed by atoms with Gasteiger partial charge in [0.05, 0.1) is 5.60 Å². The van der Waals surface area contributed by atoms with Crippen molar-refractivity contribution in [1.29, 1.82) is 0 Å². The number of hydrogen-bond donors (Lipinski definition) is 3. The number of carbonyl (C=O) groups excluding carboxylic acids is 2. The van der Waals surface area contributed by atoms with E-state index in [1.807, 2.05) is 13.8 Å². The van der Waals surface area contributed by atoms with Crippen LogP contribution in [0.4, 0.5) is 4.79 Å². The van der Waals surface area contributed by atoms with Crippen LogP contribution in [0.15, 0.2) is 0 Å². The van der Waals surface area contributed by atoms with E-state index in [0.29, 0.717) is 25.9 Å². The number of piperidine rings is 1. The van der Waals surface area contributed by atoms with E-state index < -0.39 is 17.7 Å². The molecule has 1 aliphatic heterocycles. The molecule has 3 amide bonds. The topological polar surface area (TPSA) is 95.7 Å². The molecule has 0 saturated carbocycles. The number of hydrogen-bond acceptors (Lipinski definition) is 3. The zero-order valence-corrected chi connectivity index (χ0v) is 12.0. The first-order chi connectivity index (χ1) is 8.71. The molecule has 2 unspecified atom stereocenters. The lowest BCUT2D eigenvalue weighted by molar-refractivity contribution is -0.139. The van der Waals surface area contributed by atoms with Crippen LogP contribution in [0.2, 0.25) is 0 Å². The second kappa shape index (κ2) is 6.23. The zero-order valence-electron chi connectivity index (χ0n) is 12.0. The van der Waals surface area contributed by atoms with Gasteiger partial charge in [-0.2, -0.15) is 0 Å². The number of nitrogens with one attached hydrogen (secondary N) is 1. The standard InChI is InChI=1S/C13H25N3O3/c1-9(2)7-10(15-12(14)18)11(17)16-6-4-5-13(3,19)8-16/h9-10,19H,4-8H2,1-3H3,(H3,14,15,18). The monoisotopic (exact) mass is 271 g/mol. The lowest BCUT2D eigenvalue weighted by atomic mass is 9.94. The molecule has 4 N–H and O–H groups in total. The number of primary amides is 1. The highest BCUT2D eigenvalue weighted by Crippen LogP contribution is 2.21. The molecule has 6 heteroatoms. The lowest BCUT2D eigenvalue weighted by Crippen LogP contribution is -2.56. The van der Waals surface area contributed by atoms with Crippen LogP contribution in [0, 0.1) is 5.92 Å². The maximum Gasteiger partial charge on any atom is 0.312 e. The SMILES string of the molecule is CC(C)CC(NC(N)=O)C(=O)N1CCCC(C)(O)C1. The Bertz CT molecular complexity index is 342. The fourth-order valence-electron chi connectivity index (χ4n) is 2.49. The van der Waals surface area contributed by atoms with Crippen LogP contribution < -0.4 is 11.1 Å². The first-order valence-electron chi connectivity index (χ1n) is 6.78. The van der Waals surface area contributed by atoms with Gasteiger partial charge in [0.2, 0.25) is 5.91 Å². The van der Waals surface area contributed by atoms with Crippen molar-refractivity contribution in [2.75, 3.05) is 13.1 Å². The highest BCUT2D eigenvalue weighted by Gasteiger charge is 2.34. The van der Waals surface area contributed by atoms with Crippen molar-refractivity contribution < 1.29 is 14.7 Å². The average Bonchev–Trinajstić information content (AvgIpc) is 2.24. The molecule has 0 aromatic heterocycles. The molecular formula is C13H25N3O3. The van der Waals surface area contributed by atoms with Crippen molar-refractivity contribution in [2.45, 2.75) is 51.7 Å². The van der Waals surface area contributed by atoms with E-state index in [2.05, 4.69) is 5.32 Å². The molecule has 2 atom stereocenters. The summed E-state index contributed by atoms with van der Waals surface area (Å²) in [5.41, 5.74) is 4.28. The van der Waals surface area contributed by atoms with Crippen molar-refractivity contribution >= 4 is 11.9 Å². The Kier molecular flexibility index (Phi) is 5.17. The van der Waals surface area contributed by atoms with Crippen LogP contribution in [0.3, 0.4) is 0 Å². The molecule has 1 fully saturated rings. The Hall–Kier alpha value is -1.30. The van der Waals surface area contributed by atoms with Gasteiger partial charge < -0.3 is 21.1 Å². The van der Waals surface area contributed by atoms with Crippen LogP contribution in [0.5, 0.6) is 0 Å². The molecule has 0 aromatic rings. The number of nitrogens with two attached hydrogens (primary N) is 1. The van der Waals surface area contributed by atoms with Crippen LogP contribution in [0.25, 0.3) is 0 Å². The third-order valence-electron chi connectivity index (χ3n) is 3.31. The Morgan fingerprint density at radius 3 is 2.58 bits per heavy atom. The number of amides is 3. The summed E-state index contributed by atoms with van der Waals surface area (Å²) in [5.74, 6) is 0.110. The molecule has 0 bridgehead atoms. The van der Waals surface area contributed by atoms with Crippen LogP contribution in [0.1, 0.15) is 40.0 Å². The third-order valence-corrected chi connectivity index (χ3v) is 3.31. The van der Waals surface area contributed by atoms with Crippen molar-refractivity contribution in [1.82, 2.24) is 10.2 Å². The third kappa shape index (κ3) is 5.06. The summed E-state index contributed by atoms with van der Waals surface area (Å²) in [7, 11) is 0. The van der Waals surface area contributed by atoms with E-state index in [9.17, 15) is 14.7 Å². The van der Waals surface area contributed by atoms with Crippen LogP contribution >= 0.6 is 0 Å². The molecule has 1 heterocycles. The van der Waals surface area contributed by atoms with Gasteiger partial charge in [-0.1, -0.05) is 13.8 Å². The van der Waals surface area contributed by atoms with E-state index in [0.717, 1.165) is 6.42 Å². The quantitative estimate of drug-likeness (QED) is 0.692. The summed E-state index contributed by atoms with van der Waals surface area (Å²) in [4.78, 5) is 25.0. The minimum atomic E-state index is -0.844. The number of rotatable bonds is 4. The fourth-order valence-corrected chi connectivity index (χ4v) is 2.49. The van der Waals surface area contributed by atoms with Gasteiger partial charge in [0.25, 0.3) is 0 Å². The first kappa shape index (κ1) is 15.8. The number of β-amino-alcohol motifs (C(OH)–C–C–N with tert-alkyl or cyclic N) is 1. The van der Waals surface area contributed by atoms with Crippen molar-refractivity contribution in [3.05, 3.63) is 0 Å². The summed E-state index contributed by atoms with van der Waals surface area (Å²) in [6, 6.07) is -1.30. The lowest BCUT2D eigenvalue weighted by Gasteiger charge is -2.38. The van der Waals surface area contributed by atoms with Crippen molar-refractivity contribution in [2.24, 2.45) is 11.7 Å². The smallest absolute Gasteiger partial charge is 0.312 e. The Morgan fingerprint density at radius 2 is 2.11 bits per heavy atom. The fraction of sp³-hybridized carbons (Fsp3) is 0.846. The number of carbonyl (C=O) groups is 2. The van der Waals surface area contributed by atoms with Gasteiger partial charge in [0.1, 0.15) is 6.04 Å². The summed E-state index contributed by atoms with van der Waals surface area (Å²) >= 11 is 0. The number of nitrogens with zero attached hydrogens (tertiary/aromatic N) is 1. The van der Waals surface area contributed by atoms with Gasteiger partial charge in [0, 0.05) is 13.1 Å². The molecule has 0 radical (unpaired) electrons. The summed E-state index contributed by atoms with van der Waals surface area (Å²) < 4.78 is 0. The van der Waals surface area contributed by atoms with E-state index in [4.69, 9.17) is 5.73 Å². The molecule has 0 spiro atoms. The summed E-state index contributed by atoms with van der Waals surface area (Å²) in [5, 5.41) is 12.5. The van der Waals surface area contributed by atoms with E-state index in [1.165, 1.54) is 0 Å². The summed E-state index contributed by atoms with van der Waals surface area (Å²) in [6.45, 7) is 6.61. The average molecular weight is 271 g/mol. The molecule has 1 rings (SSSR count). The van der Waals surface area contributed by atoms with E-state index >= 15 is 0 Å². The van der Waals surface area contributed by atoms with Gasteiger partial charge in [-0.3, -0.25) is 4.79 Å². The zero-order chi connectivity index (χ0) is 14.6. The molecule has 0 aliphatic carbocycles. The molecular weight excluding hydrogens is 246 g/mol. The van der Waals surface area contributed by atoms with Gasteiger partial charge in [-0.25, -0.2) is 4.79 Å². The molecule has 1 saturated heterocycles. The van der Waals surface area contributed by atoms with Gasteiger partial charge in [0.15, 0.2) is 0 Å². The predicted octanol–water partition coefficient (Wildman–Crippen LogP) is 0.443. The largest absolute Gasteiger partial charge is 0.388 e. The minimum Gasteiger partial charge on any atom is -0.388 e. The maximum absolute atomic E-state index is 12.4. The molecule has 0 aromatic carbocycles. The number of likely N-dealkylation sites (tertiary alicyclic amines) is 1. The minimum absolute atomic E-state index is 0.160. The van der Waals surface area contributed by atoms with E-state index in [-0.39, 0.29) is 11.8 Å². The molecule has 1 aliphatic rings. The number of aliphatic hydroxyl groups is 1. The second-order valence-electron chi connectivity index (χ2n) is 6.05. The molecule has 19 heavy (non-hydrogen) atoms. The Balaban J connectivity index is 2.72. The first-order valence-corrected chi connectivity index (χ1v) is 6.78. The highest BCUT2D eigenvalue weighted by molar-refractivity contribution is 5.86. The summed E-state index contributed by atoms with van der Waals surface area (Å²) in [6.07, 6.45) is 2.00. The highest BCUT2D eigenvalue weighted by atomic mass is 16.3. The maximum atomic E-state index is 12.4. The predicted molar refractivity (Wildman–Crippen MR) is 72.4 cm³/mol. The van der Waals surface area contributed by atoms with E-state index in [1.54, 1.807) is 11.8 Å². The normalized spacial score (nSPS) is 25.2. The van der Waals surface area contributed by atoms with Crippen molar-refractivity contribution in [3.8, 4) is 0 Å². The van der Waals surface area contributed by atoms with Crippen molar-refractivity contribution in [3.63, 3.8) is 0 Å². The van der Waals surface area contributed by atoms with Gasteiger partial charge in [-0.05, 0) is 32.1 Å². The number of urea groups is 1.